The second-order valence-corrected chi connectivity index (χ2v) is 6.39. The highest BCUT2D eigenvalue weighted by Gasteiger charge is 2.13. The second kappa shape index (κ2) is 8.44. The second-order valence-electron chi connectivity index (χ2n) is 6.39. The molecule has 3 nitrogen and oxygen atoms in total. The molecule has 0 aliphatic rings. The summed E-state index contributed by atoms with van der Waals surface area (Å²) in [6, 6.07) is 12.0. The van der Waals surface area contributed by atoms with Gasteiger partial charge in [0, 0.05) is 17.8 Å². The molecule has 2 aromatic rings. The maximum absolute atomic E-state index is 12.3. The number of carbonyl (C=O) groups is 1. The first-order valence-electron chi connectivity index (χ1n) is 8.43. The van der Waals surface area contributed by atoms with Gasteiger partial charge in [-0.05, 0) is 62.4 Å². The van der Waals surface area contributed by atoms with Crippen molar-refractivity contribution >= 4 is 17.2 Å². The predicted molar refractivity (Wildman–Crippen MR) is 101 cm³/mol. The Balaban J connectivity index is 1.87. The number of amides is 1. The fourth-order valence-electron chi connectivity index (χ4n) is 2.46. The quantitative estimate of drug-likeness (QED) is 0.798. The number of nitrogens with zero attached hydrogens (tertiary/aromatic N) is 1. The van der Waals surface area contributed by atoms with Crippen molar-refractivity contribution < 1.29 is 4.79 Å². The highest BCUT2D eigenvalue weighted by atomic mass is 16.1. The zero-order valence-electron chi connectivity index (χ0n) is 15.0. The van der Waals surface area contributed by atoms with Gasteiger partial charge in [0.25, 0.3) is 0 Å². The van der Waals surface area contributed by atoms with Gasteiger partial charge in [0.1, 0.15) is 0 Å². The van der Waals surface area contributed by atoms with Crippen LogP contribution in [0, 0.1) is 19.8 Å². The van der Waals surface area contributed by atoms with Gasteiger partial charge in [-0.1, -0.05) is 37.3 Å². The molecule has 0 saturated heterocycles. The third-order valence-corrected chi connectivity index (χ3v) is 4.22. The monoisotopic (exact) mass is 322 g/mol. The molecule has 0 aliphatic carbocycles. The summed E-state index contributed by atoms with van der Waals surface area (Å²) in [6.07, 6.45) is 5.73. The third kappa shape index (κ3) is 5.05. The number of nitrogens with one attached hydrogen (secondary N) is 1. The lowest BCUT2D eigenvalue weighted by atomic mass is 10.0. The van der Waals surface area contributed by atoms with E-state index in [-0.39, 0.29) is 11.8 Å². The van der Waals surface area contributed by atoms with Crippen LogP contribution in [0.4, 0.5) is 5.69 Å². The number of pyridine rings is 1. The van der Waals surface area contributed by atoms with Gasteiger partial charge in [-0.25, -0.2) is 0 Å². The molecule has 1 N–H and O–H groups in total. The number of aromatic nitrogens is 1. The van der Waals surface area contributed by atoms with Crippen LogP contribution in [0.15, 0.2) is 48.7 Å². The molecule has 1 amide bonds. The van der Waals surface area contributed by atoms with Crippen LogP contribution in [0.1, 0.15) is 43.5 Å². The van der Waals surface area contributed by atoms with E-state index < -0.39 is 0 Å². The van der Waals surface area contributed by atoms with Crippen molar-refractivity contribution in [3.63, 3.8) is 0 Å². The Bertz CT molecular complexity index is 717. The summed E-state index contributed by atoms with van der Waals surface area (Å²) in [7, 11) is 0. The van der Waals surface area contributed by atoms with Crippen LogP contribution >= 0.6 is 0 Å². The average Bonchev–Trinajstić information content (AvgIpc) is 2.57. The molecule has 1 heterocycles. The number of hydrogen-bond acceptors (Lipinski definition) is 2. The molecule has 24 heavy (non-hydrogen) atoms. The normalized spacial score (nSPS) is 12.8. The summed E-state index contributed by atoms with van der Waals surface area (Å²) >= 11 is 0. The zero-order chi connectivity index (χ0) is 17.5. The van der Waals surface area contributed by atoms with Crippen molar-refractivity contribution in [1.82, 2.24) is 4.98 Å². The van der Waals surface area contributed by atoms with Crippen LogP contribution in [0.2, 0.25) is 0 Å². The molecule has 0 aliphatic heterocycles. The van der Waals surface area contributed by atoms with E-state index in [1.807, 2.05) is 57.3 Å². The lowest BCUT2D eigenvalue weighted by Gasteiger charge is -2.13. The highest BCUT2D eigenvalue weighted by Crippen LogP contribution is 2.18. The minimum Gasteiger partial charge on any atom is -0.326 e. The molecule has 0 radical (unpaired) electrons. The van der Waals surface area contributed by atoms with Gasteiger partial charge in [0.2, 0.25) is 5.91 Å². The summed E-state index contributed by atoms with van der Waals surface area (Å²) in [5, 5.41) is 3.01. The molecule has 1 unspecified atom stereocenters. The fraction of sp³-hybridized carbons (Fsp3) is 0.333. The predicted octanol–water partition coefficient (Wildman–Crippen LogP) is 5.16. The molecule has 3 heteroatoms. The summed E-state index contributed by atoms with van der Waals surface area (Å²) < 4.78 is 0. The lowest BCUT2D eigenvalue weighted by molar-refractivity contribution is -0.119. The van der Waals surface area contributed by atoms with E-state index in [1.54, 1.807) is 0 Å². The van der Waals surface area contributed by atoms with Gasteiger partial charge in [-0.3, -0.25) is 9.78 Å². The van der Waals surface area contributed by atoms with Crippen molar-refractivity contribution in [3.8, 4) is 0 Å². The van der Waals surface area contributed by atoms with E-state index in [9.17, 15) is 4.79 Å². The van der Waals surface area contributed by atoms with Crippen molar-refractivity contribution in [2.24, 2.45) is 5.92 Å². The van der Waals surface area contributed by atoms with Gasteiger partial charge in [0.15, 0.2) is 0 Å². The van der Waals surface area contributed by atoms with Crippen LogP contribution in [0.5, 0.6) is 0 Å². The Kier molecular flexibility index (Phi) is 6.30. The average molecular weight is 322 g/mol. The summed E-state index contributed by atoms with van der Waals surface area (Å²) in [4.78, 5) is 16.7. The van der Waals surface area contributed by atoms with Crippen LogP contribution in [-0.2, 0) is 4.79 Å². The first-order chi connectivity index (χ1) is 11.5. The molecular weight excluding hydrogens is 296 g/mol. The summed E-state index contributed by atoms with van der Waals surface area (Å²) in [5.74, 6) is 0.0449. The Hall–Kier alpha value is -2.42. The smallest absolute Gasteiger partial charge is 0.227 e. The van der Waals surface area contributed by atoms with E-state index in [1.165, 1.54) is 0 Å². The molecule has 1 atom stereocenters. The maximum Gasteiger partial charge on any atom is 0.227 e. The first kappa shape index (κ1) is 17.9. The molecule has 126 valence electrons. The van der Waals surface area contributed by atoms with Gasteiger partial charge in [-0.2, -0.15) is 0 Å². The molecule has 0 fully saturated rings. The molecule has 1 aromatic heterocycles. The Morgan fingerprint density at radius 2 is 1.96 bits per heavy atom. The van der Waals surface area contributed by atoms with Gasteiger partial charge in [-0.15, -0.1) is 0 Å². The number of rotatable bonds is 6. The first-order valence-corrected chi connectivity index (χ1v) is 8.43. The van der Waals surface area contributed by atoms with Crippen LogP contribution in [0.25, 0.3) is 5.57 Å². The van der Waals surface area contributed by atoms with E-state index in [2.05, 4.69) is 29.4 Å². The van der Waals surface area contributed by atoms with Crippen molar-refractivity contribution in [3.05, 3.63) is 65.5 Å². The van der Waals surface area contributed by atoms with Crippen LogP contribution < -0.4 is 5.32 Å². The molecule has 0 spiro atoms. The standard InChI is InChI=1S/C21H26N2O/c1-15-12-13-19(22-14-15)16(2)9-7-10-18(4)21(24)23-20-11-6-5-8-17(20)3/h5-6,8-9,11-14,18H,7,10H2,1-4H3,(H,23,24)/b16-9+. The minimum atomic E-state index is -0.0281. The highest BCUT2D eigenvalue weighted by molar-refractivity contribution is 5.92. The molecule has 0 saturated carbocycles. The number of aryl methyl sites for hydroxylation is 2. The number of para-hydroxylation sites is 1. The Morgan fingerprint density at radius 3 is 2.62 bits per heavy atom. The fourth-order valence-corrected chi connectivity index (χ4v) is 2.46. The van der Waals surface area contributed by atoms with E-state index in [0.29, 0.717) is 0 Å². The topological polar surface area (TPSA) is 42.0 Å². The SMILES string of the molecule is C/C(=C\CCC(C)C(=O)Nc1ccccc1C)c1ccc(C)cn1. The van der Waals surface area contributed by atoms with Crippen molar-refractivity contribution in [1.29, 1.82) is 0 Å². The lowest BCUT2D eigenvalue weighted by Crippen LogP contribution is -2.20. The van der Waals surface area contributed by atoms with Crippen LogP contribution in [-0.4, -0.2) is 10.9 Å². The number of anilines is 1. The summed E-state index contributed by atoms with van der Waals surface area (Å²) in [5.41, 5.74) is 5.29. The maximum atomic E-state index is 12.3. The number of allylic oxidation sites excluding steroid dienone is 2. The summed E-state index contributed by atoms with van der Waals surface area (Å²) in [6.45, 7) is 8.07. The minimum absolute atomic E-state index is 0.0281. The number of hydrogen-bond donors (Lipinski definition) is 1. The van der Waals surface area contributed by atoms with E-state index in [0.717, 1.165) is 40.9 Å². The molecular formula is C21H26N2O. The number of benzene rings is 1. The van der Waals surface area contributed by atoms with Crippen molar-refractivity contribution in [2.45, 2.75) is 40.5 Å². The van der Waals surface area contributed by atoms with E-state index >= 15 is 0 Å². The Morgan fingerprint density at radius 1 is 1.21 bits per heavy atom. The van der Waals surface area contributed by atoms with Gasteiger partial charge < -0.3 is 5.32 Å². The largest absolute Gasteiger partial charge is 0.326 e. The van der Waals surface area contributed by atoms with Gasteiger partial charge in [0.05, 0.1) is 5.69 Å². The number of carbonyl (C=O) groups excluding carboxylic acids is 1. The van der Waals surface area contributed by atoms with E-state index in [4.69, 9.17) is 0 Å². The molecule has 2 rings (SSSR count). The zero-order valence-corrected chi connectivity index (χ0v) is 15.0. The third-order valence-electron chi connectivity index (χ3n) is 4.22. The Labute approximate surface area is 144 Å². The molecule has 1 aromatic carbocycles. The van der Waals surface area contributed by atoms with Gasteiger partial charge >= 0.3 is 0 Å². The molecule has 0 bridgehead atoms. The van der Waals surface area contributed by atoms with Crippen molar-refractivity contribution in [2.75, 3.05) is 5.32 Å². The van der Waals surface area contributed by atoms with Crippen LogP contribution in [0.3, 0.4) is 0 Å².